The van der Waals surface area contributed by atoms with Gasteiger partial charge in [-0.05, 0) is 54.3 Å². The third kappa shape index (κ3) is 4.44. The van der Waals surface area contributed by atoms with Crippen LogP contribution >= 0.6 is 0 Å². The molecule has 0 saturated heterocycles. The minimum atomic E-state index is 0.0251. The number of carbonyl (C=O) groups is 1. The van der Waals surface area contributed by atoms with Gasteiger partial charge in [0.25, 0.3) is 0 Å². The Kier molecular flexibility index (Phi) is 5.43. The largest absolute Gasteiger partial charge is 0.497 e. The monoisotopic (exact) mass is 341 g/mol. The van der Waals surface area contributed by atoms with Crippen LogP contribution in [0.3, 0.4) is 0 Å². The van der Waals surface area contributed by atoms with Crippen molar-refractivity contribution in [1.82, 2.24) is 5.32 Å². The molecule has 1 heterocycles. The van der Waals surface area contributed by atoms with Gasteiger partial charge in [-0.15, -0.1) is 0 Å². The molecule has 0 aromatic heterocycles. The van der Waals surface area contributed by atoms with E-state index in [9.17, 15) is 4.79 Å². The lowest BCUT2D eigenvalue weighted by molar-refractivity contribution is -0.121. The van der Waals surface area contributed by atoms with Gasteiger partial charge in [-0.3, -0.25) is 4.79 Å². The zero-order valence-corrected chi connectivity index (χ0v) is 14.6. The Morgan fingerprint density at radius 3 is 2.68 bits per heavy atom. The van der Waals surface area contributed by atoms with E-state index in [1.807, 2.05) is 43.3 Å². The fourth-order valence-electron chi connectivity index (χ4n) is 2.79. The number of aryl methyl sites for hydroxylation is 2. The van der Waals surface area contributed by atoms with Crippen molar-refractivity contribution < 1.29 is 19.0 Å². The molecular formula is C20H23NO4. The lowest BCUT2D eigenvalue weighted by atomic mass is 10.1. The SMILES string of the molecule is COc1cccc(CCC(=O)NCc2cc3c(cc2C)OCCO3)c1. The molecule has 5 heteroatoms. The maximum Gasteiger partial charge on any atom is 0.220 e. The van der Waals surface area contributed by atoms with Crippen molar-refractivity contribution in [3.05, 3.63) is 53.1 Å². The maximum atomic E-state index is 12.1. The summed E-state index contributed by atoms with van der Waals surface area (Å²) in [6.45, 7) is 3.63. The van der Waals surface area contributed by atoms with E-state index in [1.165, 1.54) is 0 Å². The van der Waals surface area contributed by atoms with Gasteiger partial charge in [-0.25, -0.2) is 0 Å². The number of fused-ring (bicyclic) bond motifs is 1. The van der Waals surface area contributed by atoms with E-state index in [0.717, 1.165) is 33.9 Å². The third-order valence-electron chi connectivity index (χ3n) is 4.25. The number of carbonyl (C=O) groups excluding carboxylic acids is 1. The summed E-state index contributed by atoms with van der Waals surface area (Å²) in [4.78, 5) is 12.1. The van der Waals surface area contributed by atoms with Crippen molar-refractivity contribution >= 4 is 5.91 Å². The predicted molar refractivity (Wildman–Crippen MR) is 95.3 cm³/mol. The highest BCUT2D eigenvalue weighted by Crippen LogP contribution is 2.32. The minimum absolute atomic E-state index is 0.0251. The van der Waals surface area contributed by atoms with Gasteiger partial charge in [0, 0.05) is 13.0 Å². The standard InChI is InChI=1S/C20H23NO4/c1-14-10-18-19(25-9-8-24-18)12-16(14)13-21-20(22)7-6-15-4-3-5-17(11-15)23-2/h3-5,10-12H,6-9,13H2,1-2H3,(H,21,22). The van der Waals surface area contributed by atoms with Crippen LogP contribution in [-0.4, -0.2) is 26.2 Å². The number of hydrogen-bond acceptors (Lipinski definition) is 4. The number of hydrogen-bond donors (Lipinski definition) is 1. The molecule has 1 aliphatic rings. The third-order valence-corrected chi connectivity index (χ3v) is 4.25. The second kappa shape index (κ2) is 7.92. The van der Waals surface area contributed by atoms with E-state index < -0.39 is 0 Å². The molecule has 0 atom stereocenters. The van der Waals surface area contributed by atoms with Crippen LogP contribution in [0.25, 0.3) is 0 Å². The Morgan fingerprint density at radius 1 is 1.16 bits per heavy atom. The smallest absolute Gasteiger partial charge is 0.220 e. The number of ether oxygens (including phenoxy) is 3. The second-order valence-corrected chi connectivity index (χ2v) is 6.05. The summed E-state index contributed by atoms with van der Waals surface area (Å²) in [5, 5.41) is 2.98. The van der Waals surface area contributed by atoms with E-state index in [0.29, 0.717) is 32.6 Å². The van der Waals surface area contributed by atoms with Gasteiger partial charge in [0.15, 0.2) is 11.5 Å². The molecule has 0 fully saturated rings. The fourth-order valence-corrected chi connectivity index (χ4v) is 2.79. The van der Waals surface area contributed by atoms with E-state index in [-0.39, 0.29) is 5.91 Å². The second-order valence-electron chi connectivity index (χ2n) is 6.05. The quantitative estimate of drug-likeness (QED) is 0.877. The van der Waals surface area contributed by atoms with Crippen molar-refractivity contribution in [3.8, 4) is 17.2 Å². The first-order chi connectivity index (χ1) is 12.2. The minimum Gasteiger partial charge on any atom is -0.497 e. The van der Waals surface area contributed by atoms with Gasteiger partial charge in [-0.2, -0.15) is 0 Å². The van der Waals surface area contributed by atoms with Gasteiger partial charge >= 0.3 is 0 Å². The molecule has 1 N–H and O–H groups in total. The molecule has 2 aromatic rings. The Bertz CT molecular complexity index is 757. The summed E-state index contributed by atoms with van der Waals surface area (Å²) >= 11 is 0. The highest BCUT2D eigenvalue weighted by Gasteiger charge is 2.14. The van der Waals surface area contributed by atoms with Crippen LogP contribution in [0.4, 0.5) is 0 Å². The summed E-state index contributed by atoms with van der Waals surface area (Å²) in [6, 6.07) is 11.7. The first-order valence-electron chi connectivity index (χ1n) is 8.44. The molecule has 0 aliphatic carbocycles. The predicted octanol–water partition coefficient (Wildman–Crippen LogP) is 3.02. The van der Waals surface area contributed by atoms with Crippen molar-refractivity contribution in [2.75, 3.05) is 20.3 Å². The van der Waals surface area contributed by atoms with Gasteiger partial charge in [-0.1, -0.05) is 12.1 Å². The molecule has 0 radical (unpaired) electrons. The van der Waals surface area contributed by atoms with Gasteiger partial charge in [0.05, 0.1) is 7.11 Å². The number of nitrogens with one attached hydrogen (secondary N) is 1. The molecule has 1 aliphatic heterocycles. The van der Waals surface area contributed by atoms with Crippen molar-refractivity contribution in [2.45, 2.75) is 26.3 Å². The average molecular weight is 341 g/mol. The normalized spacial score (nSPS) is 12.6. The van der Waals surface area contributed by atoms with E-state index in [2.05, 4.69) is 5.32 Å². The lowest BCUT2D eigenvalue weighted by Gasteiger charge is -2.20. The summed E-state index contributed by atoms with van der Waals surface area (Å²) in [7, 11) is 1.64. The molecule has 3 rings (SSSR count). The number of rotatable bonds is 6. The van der Waals surface area contributed by atoms with Crippen LogP contribution in [0, 0.1) is 6.92 Å². The van der Waals surface area contributed by atoms with Gasteiger partial charge < -0.3 is 19.5 Å². The van der Waals surface area contributed by atoms with Crippen LogP contribution in [0.15, 0.2) is 36.4 Å². The van der Waals surface area contributed by atoms with Crippen LogP contribution < -0.4 is 19.5 Å². The van der Waals surface area contributed by atoms with Crippen LogP contribution in [0.2, 0.25) is 0 Å². The molecule has 0 spiro atoms. The maximum absolute atomic E-state index is 12.1. The molecule has 0 saturated carbocycles. The highest BCUT2D eigenvalue weighted by molar-refractivity contribution is 5.76. The number of methoxy groups -OCH3 is 1. The zero-order chi connectivity index (χ0) is 17.6. The zero-order valence-electron chi connectivity index (χ0n) is 14.6. The van der Waals surface area contributed by atoms with E-state index >= 15 is 0 Å². The molecule has 132 valence electrons. The van der Waals surface area contributed by atoms with Crippen LogP contribution in [0.1, 0.15) is 23.1 Å². The fraction of sp³-hybridized carbons (Fsp3) is 0.350. The first-order valence-corrected chi connectivity index (χ1v) is 8.44. The topological polar surface area (TPSA) is 56.8 Å². The summed E-state index contributed by atoms with van der Waals surface area (Å²) in [5.74, 6) is 2.36. The molecule has 0 unspecified atom stereocenters. The molecule has 5 nitrogen and oxygen atoms in total. The van der Waals surface area contributed by atoms with Gasteiger partial charge in [0.1, 0.15) is 19.0 Å². The molecule has 0 bridgehead atoms. The van der Waals surface area contributed by atoms with Gasteiger partial charge in [0.2, 0.25) is 5.91 Å². The van der Waals surface area contributed by atoms with Crippen LogP contribution in [0.5, 0.6) is 17.2 Å². The summed E-state index contributed by atoms with van der Waals surface area (Å²) < 4.78 is 16.4. The first kappa shape index (κ1) is 17.1. The summed E-state index contributed by atoms with van der Waals surface area (Å²) in [5.41, 5.74) is 3.21. The molecule has 1 amide bonds. The average Bonchev–Trinajstić information content (AvgIpc) is 2.64. The summed E-state index contributed by atoms with van der Waals surface area (Å²) in [6.07, 6.45) is 1.12. The highest BCUT2D eigenvalue weighted by atomic mass is 16.6. The number of amides is 1. The van der Waals surface area contributed by atoms with Crippen LogP contribution in [-0.2, 0) is 17.8 Å². The van der Waals surface area contributed by atoms with E-state index in [1.54, 1.807) is 7.11 Å². The number of benzene rings is 2. The molecule has 25 heavy (non-hydrogen) atoms. The van der Waals surface area contributed by atoms with E-state index in [4.69, 9.17) is 14.2 Å². The van der Waals surface area contributed by atoms with Crippen molar-refractivity contribution in [1.29, 1.82) is 0 Å². The van der Waals surface area contributed by atoms with Crippen molar-refractivity contribution in [2.24, 2.45) is 0 Å². The Morgan fingerprint density at radius 2 is 1.92 bits per heavy atom. The molecule has 2 aromatic carbocycles. The van der Waals surface area contributed by atoms with Crippen molar-refractivity contribution in [3.63, 3.8) is 0 Å². The Labute approximate surface area is 147 Å². The Hall–Kier alpha value is -2.69. The lowest BCUT2D eigenvalue weighted by Crippen LogP contribution is -2.24. The molecular weight excluding hydrogens is 318 g/mol. The Balaban J connectivity index is 1.53.